The SMILES string of the molecule is CC(Cl)c1nnnn1C(C)c1cccc(Br)c1. The molecule has 0 aliphatic rings. The van der Waals surface area contributed by atoms with Crippen LogP contribution in [0.15, 0.2) is 28.7 Å². The minimum atomic E-state index is -0.209. The average molecular weight is 316 g/mol. The van der Waals surface area contributed by atoms with Gasteiger partial charge in [0.1, 0.15) is 0 Å². The maximum absolute atomic E-state index is 6.04. The van der Waals surface area contributed by atoms with Gasteiger partial charge >= 0.3 is 0 Å². The third-order valence-electron chi connectivity index (χ3n) is 2.57. The van der Waals surface area contributed by atoms with Gasteiger partial charge in [0.05, 0.1) is 11.4 Å². The Morgan fingerprint density at radius 2 is 2.12 bits per heavy atom. The van der Waals surface area contributed by atoms with E-state index in [1.807, 2.05) is 32.0 Å². The van der Waals surface area contributed by atoms with Gasteiger partial charge in [-0.25, -0.2) is 4.68 Å². The highest BCUT2D eigenvalue weighted by atomic mass is 79.9. The van der Waals surface area contributed by atoms with Gasteiger partial charge in [0, 0.05) is 4.47 Å². The molecule has 1 heterocycles. The van der Waals surface area contributed by atoms with Crippen molar-refractivity contribution in [3.05, 3.63) is 40.1 Å². The van der Waals surface area contributed by atoms with Crippen LogP contribution in [-0.4, -0.2) is 20.2 Å². The molecule has 2 rings (SSSR count). The number of nitrogens with zero attached hydrogens (tertiary/aromatic N) is 4. The standard InChI is InChI=1S/C11H12BrClN4/c1-7(13)11-14-15-16-17(11)8(2)9-4-3-5-10(12)6-9/h3-8H,1-2H3. The first-order valence-corrected chi connectivity index (χ1v) is 6.50. The predicted octanol–water partition coefficient (Wildman–Crippen LogP) is 3.34. The van der Waals surface area contributed by atoms with Gasteiger partial charge in [-0.15, -0.1) is 16.7 Å². The third-order valence-corrected chi connectivity index (χ3v) is 3.26. The summed E-state index contributed by atoms with van der Waals surface area (Å²) in [5.74, 6) is 0.680. The molecule has 0 aliphatic heterocycles. The van der Waals surface area contributed by atoms with E-state index in [1.165, 1.54) is 0 Å². The Bertz CT molecular complexity index is 512. The molecule has 0 N–H and O–H groups in total. The van der Waals surface area contributed by atoms with Crippen molar-refractivity contribution >= 4 is 27.5 Å². The van der Waals surface area contributed by atoms with Gasteiger partial charge in [-0.1, -0.05) is 28.1 Å². The highest BCUT2D eigenvalue weighted by Crippen LogP contribution is 2.24. The molecule has 17 heavy (non-hydrogen) atoms. The zero-order valence-electron chi connectivity index (χ0n) is 9.51. The van der Waals surface area contributed by atoms with E-state index in [0.717, 1.165) is 10.0 Å². The molecule has 0 fully saturated rings. The van der Waals surface area contributed by atoms with Crippen molar-refractivity contribution in [1.82, 2.24) is 20.2 Å². The van der Waals surface area contributed by atoms with Crippen LogP contribution in [0, 0.1) is 0 Å². The van der Waals surface area contributed by atoms with E-state index < -0.39 is 0 Å². The van der Waals surface area contributed by atoms with E-state index in [1.54, 1.807) is 4.68 Å². The Hall–Kier alpha value is -0.940. The van der Waals surface area contributed by atoms with Gasteiger partial charge in [-0.2, -0.15) is 0 Å². The summed E-state index contributed by atoms with van der Waals surface area (Å²) in [6.45, 7) is 3.90. The van der Waals surface area contributed by atoms with Gasteiger partial charge in [-0.3, -0.25) is 0 Å². The fourth-order valence-corrected chi connectivity index (χ4v) is 2.21. The van der Waals surface area contributed by atoms with Crippen molar-refractivity contribution in [2.75, 3.05) is 0 Å². The molecule has 1 aromatic carbocycles. The summed E-state index contributed by atoms with van der Waals surface area (Å²) >= 11 is 9.49. The molecular formula is C11H12BrClN4. The van der Waals surface area contributed by atoms with Crippen LogP contribution >= 0.6 is 27.5 Å². The summed E-state index contributed by atoms with van der Waals surface area (Å²) in [6.07, 6.45) is 0. The number of hydrogen-bond donors (Lipinski definition) is 0. The number of aromatic nitrogens is 4. The summed E-state index contributed by atoms with van der Waals surface area (Å²) in [5.41, 5.74) is 1.13. The zero-order chi connectivity index (χ0) is 12.4. The monoisotopic (exact) mass is 314 g/mol. The third kappa shape index (κ3) is 2.66. The molecule has 1 aromatic heterocycles. The maximum Gasteiger partial charge on any atom is 0.169 e. The van der Waals surface area contributed by atoms with E-state index in [4.69, 9.17) is 11.6 Å². The second kappa shape index (κ2) is 5.14. The second-order valence-electron chi connectivity index (χ2n) is 3.83. The van der Waals surface area contributed by atoms with Crippen molar-refractivity contribution in [2.45, 2.75) is 25.3 Å². The lowest BCUT2D eigenvalue weighted by atomic mass is 10.1. The van der Waals surface area contributed by atoms with Crippen LogP contribution in [0.5, 0.6) is 0 Å². The Labute approximate surface area is 113 Å². The van der Waals surface area contributed by atoms with Crippen molar-refractivity contribution in [1.29, 1.82) is 0 Å². The first-order valence-electron chi connectivity index (χ1n) is 5.27. The second-order valence-corrected chi connectivity index (χ2v) is 5.40. The van der Waals surface area contributed by atoms with Crippen molar-refractivity contribution < 1.29 is 0 Å². The number of halogens is 2. The van der Waals surface area contributed by atoms with Gasteiger partial charge in [0.25, 0.3) is 0 Å². The minimum Gasteiger partial charge on any atom is -0.221 e. The van der Waals surface area contributed by atoms with E-state index in [-0.39, 0.29) is 11.4 Å². The Morgan fingerprint density at radius 3 is 2.76 bits per heavy atom. The van der Waals surface area contributed by atoms with E-state index >= 15 is 0 Å². The zero-order valence-corrected chi connectivity index (χ0v) is 11.9. The molecule has 2 unspecified atom stereocenters. The molecule has 0 bridgehead atoms. The smallest absolute Gasteiger partial charge is 0.169 e. The molecule has 2 aromatic rings. The topological polar surface area (TPSA) is 43.6 Å². The maximum atomic E-state index is 6.04. The lowest BCUT2D eigenvalue weighted by molar-refractivity contribution is 0.520. The van der Waals surface area contributed by atoms with Gasteiger partial charge in [0.2, 0.25) is 0 Å². The Morgan fingerprint density at radius 1 is 1.35 bits per heavy atom. The molecule has 0 saturated heterocycles. The molecule has 0 spiro atoms. The molecular weight excluding hydrogens is 304 g/mol. The molecule has 90 valence electrons. The van der Waals surface area contributed by atoms with Gasteiger partial charge < -0.3 is 0 Å². The number of rotatable bonds is 3. The van der Waals surface area contributed by atoms with Crippen LogP contribution in [0.3, 0.4) is 0 Å². The fraction of sp³-hybridized carbons (Fsp3) is 0.364. The molecule has 6 heteroatoms. The highest BCUT2D eigenvalue weighted by Gasteiger charge is 2.18. The Kier molecular flexibility index (Phi) is 3.79. The number of benzene rings is 1. The van der Waals surface area contributed by atoms with Crippen molar-refractivity contribution in [2.24, 2.45) is 0 Å². The molecule has 0 aliphatic carbocycles. The highest BCUT2D eigenvalue weighted by molar-refractivity contribution is 9.10. The molecule has 4 nitrogen and oxygen atoms in total. The van der Waals surface area contributed by atoms with Crippen LogP contribution in [-0.2, 0) is 0 Å². The van der Waals surface area contributed by atoms with Gasteiger partial charge in [-0.05, 0) is 42.0 Å². The lowest BCUT2D eigenvalue weighted by Gasteiger charge is -2.14. The van der Waals surface area contributed by atoms with Crippen molar-refractivity contribution in [3.63, 3.8) is 0 Å². The molecule has 0 radical (unpaired) electrons. The van der Waals surface area contributed by atoms with Crippen LogP contribution in [0.4, 0.5) is 0 Å². The van der Waals surface area contributed by atoms with E-state index in [9.17, 15) is 0 Å². The minimum absolute atomic E-state index is 0.0544. The summed E-state index contributed by atoms with van der Waals surface area (Å²) in [4.78, 5) is 0. The molecule has 0 amide bonds. The quantitative estimate of drug-likeness (QED) is 0.816. The number of alkyl halides is 1. The van der Waals surface area contributed by atoms with Gasteiger partial charge in [0.15, 0.2) is 5.82 Å². The summed E-state index contributed by atoms with van der Waals surface area (Å²) in [7, 11) is 0. The largest absolute Gasteiger partial charge is 0.221 e. The molecule has 0 saturated carbocycles. The summed E-state index contributed by atoms with van der Waals surface area (Å²) in [5, 5.41) is 11.4. The Balaban J connectivity index is 2.37. The fourth-order valence-electron chi connectivity index (χ4n) is 1.65. The molecule has 2 atom stereocenters. The van der Waals surface area contributed by atoms with Crippen LogP contribution in [0.2, 0.25) is 0 Å². The van der Waals surface area contributed by atoms with Crippen molar-refractivity contribution in [3.8, 4) is 0 Å². The van der Waals surface area contributed by atoms with Crippen LogP contribution in [0.1, 0.15) is 36.7 Å². The first-order chi connectivity index (χ1) is 8.09. The predicted molar refractivity (Wildman–Crippen MR) is 70.0 cm³/mol. The lowest BCUT2D eigenvalue weighted by Crippen LogP contribution is -2.13. The van der Waals surface area contributed by atoms with E-state index in [2.05, 4.69) is 37.5 Å². The normalized spacial score (nSPS) is 14.6. The van der Waals surface area contributed by atoms with Crippen LogP contribution < -0.4 is 0 Å². The van der Waals surface area contributed by atoms with Crippen LogP contribution in [0.25, 0.3) is 0 Å². The number of hydrogen-bond acceptors (Lipinski definition) is 3. The van der Waals surface area contributed by atoms with E-state index in [0.29, 0.717) is 5.82 Å². The number of tetrazole rings is 1. The average Bonchev–Trinajstić information content (AvgIpc) is 2.77. The first kappa shape index (κ1) is 12.5. The summed E-state index contributed by atoms with van der Waals surface area (Å²) in [6, 6.07) is 8.12. The summed E-state index contributed by atoms with van der Waals surface area (Å²) < 4.78 is 2.79.